The molecule has 3 N–H and O–H groups in total. The second-order valence-corrected chi connectivity index (χ2v) is 25.1. The molecule has 90 heavy (non-hydrogen) atoms. The standard InChI is InChI=1S/C37H54N4O7.C32H46N4O5.ClH/c1-26(2)41(34(42)27-14-19-32(46-7)33(24-27)47-23-11-22-45-6)31-18-17-30(40(25-31)36(44)48-37(3,4)5)20-21-39(29-15-16-29)35(43)38-28-12-9-8-10-13-28;1-23(2)36(31(37)24-11-16-29(40-4)30(21-24)41-20-8-19-39-3)28-13-12-25(33-22-28)17-18-35(27-14-15-27)32(38)34-26-9-6-5-7-10-26;/h8-10,12-14,19,24,26,29-31H,11,15-18,20-23,25H2,1-7H3,(H,38,43);5-7,9-11,16,21,23,25,27-28,33H,8,12-15,17-20,22H2,1-4H3,(H,34,38);1H/t30-,31-;25-,28-;/m11./s1. The lowest BCUT2D eigenvalue weighted by molar-refractivity contribution is -0.00873. The summed E-state index contributed by atoms with van der Waals surface area (Å²) in [5.74, 6) is 2.08. The van der Waals surface area contributed by atoms with Crippen LogP contribution in [0.5, 0.6) is 23.0 Å². The van der Waals surface area contributed by atoms with E-state index in [4.69, 9.17) is 33.2 Å². The predicted octanol–water partition coefficient (Wildman–Crippen LogP) is 12.4. The van der Waals surface area contributed by atoms with Gasteiger partial charge in [-0.3, -0.25) is 9.59 Å². The number of carbonyl (C=O) groups is 5. The molecule has 4 aromatic rings. The molecule has 0 aromatic heterocycles. The third-order valence-electron chi connectivity index (χ3n) is 16.5. The SMILES string of the molecule is COCCCOc1cc(C(=O)N(C(C)C)[C@@H]2CC[C@H](CCN(C(=O)Nc3ccccc3)C3CC3)N(C(=O)OC(C)(C)C)C2)ccc1OC.COCCCOc1cc(C(=O)N(C(C)C)[C@@H]2CC[C@H](CCN(C(=O)Nc3ccccc3)C3CC3)NC2)ccc1OC.Cl. The summed E-state index contributed by atoms with van der Waals surface area (Å²) < 4.78 is 38.9. The third kappa shape index (κ3) is 21.6. The summed E-state index contributed by atoms with van der Waals surface area (Å²) in [6.45, 7) is 18.1. The molecule has 496 valence electrons. The highest BCUT2D eigenvalue weighted by molar-refractivity contribution is 5.96. The number of likely N-dealkylation sites (tertiary alicyclic amines) is 1. The van der Waals surface area contributed by atoms with Crippen molar-refractivity contribution in [2.75, 3.05) is 91.7 Å². The number of nitrogens with one attached hydrogen (secondary N) is 3. The van der Waals surface area contributed by atoms with Gasteiger partial charge >= 0.3 is 18.2 Å². The second kappa shape index (κ2) is 35.6. The van der Waals surface area contributed by atoms with Crippen LogP contribution in [0.25, 0.3) is 0 Å². The molecule has 0 unspecified atom stereocenters. The number of hydrogen-bond donors (Lipinski definition) is 3. The predicted molar refractivity (Wildman–Crippen MR) is 354 cm³/mol. The van der Waals surface area contributed by atoms with E-state index in [0.717, 1.165) is 75.8 Å². The van der Waals surface area contributed by atoms with E-state index in [0.29, 0.717) is 111 Å². The number of hydrogen-bond acceptors (Lipinski definition) is 13. The largest absolute Gasteiger partial charge is 0.493 e. The van der Waals surface area contributed by atoms with Crippen molar-refractivity contribution < 1.29 is 57.1 Å². The first-order valence-corrected chi connectivity index (χ1v) is 32.1. The lowest BCUT2D eigenvalue weighted by atomic mass is 9.93. The molecule has 4 atom stereocenters. The Bertz CT molecular complexity index is 2870. The van der Waals surface area contributed by atoms with Crippen LogP contribution in [0.3, 0.4) is 0 Å². The average Bonchev–Trinajstić information content (AvgIpc) is 1.09. The Labute approximate surface area is 540 Å². The minimum Gasteiger partial charge on any atom is -0.493 e. The number of urea groups is 2. The van der Waals surface area contributed by atoms with Crippen LogP contribution in [-0.2, 0) is 14.2 Å². The van der Waals surface area contributed by atoms with Gasteiger partial charge in [-0.2, -0.15) is 0 Å². The van der Waals surface area contributed by atoms with Crippen LogP contribution in [0.4, 0.5) is 25.8 Å². The first-order chi connectivity index (χ1) is 42.8. The Morgan fingerprint density at radius 1 is 0.556 bits per heavy atom. The van der Waals surface area contributed by atoms with Gasteiger partial charge in [0.2, 0.25) is 0 Å². The van der Waals surface area contributed by atoms with Crippen molar-refractivity contribution in [3.63, 3.8) is 0 Å². The summed E-state index contributed by atoms with van der Waals surface area (Å²) in [6.07, 6.45) is 9.90. The molecule has 0 radical (unpaired) electrons. The Morgan fingerprint density at radius 3 is 1.41 bits per heavy atom. The maximum absolute atomic E-state index is 14.1. The monoisotopic (exact) mass is 1270 g/mol. The molecule has 2 aliphatic carbocycles. The maximum atomic E-state index is 14.1. The van der Waals surface area contributed by atoms with Crippen LogP contribution in [0.2, 0.25) is 0 Å². The number of anilines is 2. The smallest absolute Gasteiger partial charge is 0.410 e. The average molecular weight is 1270 g/mol. The lowest BCUT2D eigenvalue weighted by Gasteiger charge is -2.45. The summed E-state index contributed by atoms with van der Waals surface area (Å²) in [5.41, 5.74) is 1.97. The van der Waals surface area contributed by atoms with Crippen molar-refractivity contribution in [3.05, 3.63) is 108 Å². The highest BCUT2D eigenvalue weighted by Gasteiger charge is 2.41. The van der Waals surface area contributed by atoms with Gasteiger partial charge < -0.3 is 73.6 Å². The minimum atomic E-state index is -0.680. The summed E-state index contributed by atoms with van der Waals surface area (Å²) in [5, 5.41) is 9.74. The molecule has 0 spiro atoms. The Kier molecular flexibility index (Phi) is 28.5. The normalized spacial score (nSPS) is 18.0. The number of carbonyl (C=O) groups excluding carboxylic acids is 5. The number of piperidine rings is 2. The molecule has 8 rings (SSSR count). The number of ether oxygens (including phenoxy) is 7. The summed E-state index contributed by atoms with van der Waals surface area (Å²) in [7, 11) is 6.48. The van der Waals surface area contributed by atoms with E-state index in [1.54, 1.807) is 63.7 Å². The van der Waals surface area contributed by atoms with Gasteiger partial charge in [0.1, 0.15) is 5.60 Å². The first kappa shape index (κ1) is 72.1. The third-order valence-corrected chi connectivity index (χ3v) is 16.5. The molecule has 4 aliphatic rings. The van der Waals surface area contributed by atoms with E-state index in [9.17, 15) is 24.0 Å². The quantitative estimate of drug-likeness (QED) is 0.0454. The molecule has 21 heteroatoms. The number of benzene rings is 4. The van der Waals surface area contributed by atoms with Crippen molar-refractivity contribution in [3.8, 4) is 23.0 Å². The minimum absolute atomic E-state index is 0. The number of halogens is 1. The van der Waals surface area contributed by atoms with Crippen LogP contribution in [0, 0.1) is 0 Å². The van der Waals surface area contributed by atoms with Crippen LogP contribution in [0.1, 0.15) is 146 Å². The van der Waals surface area contributed by atoms with E-state index in [2.05, 4.69) is 29.8 Å². The van der Waals surface area contributed by atoms with Crippen LogP contribution < -0.4 is 34.9 Å². The van der Waals surface area contributed by atoms with Gasteiger partial charge in [-0.05, 0) is 173 Å². The summed E-state index contributed by atoms with van der Waals surface area (Å²) in [6, 6.07) is 30.1. The van der Waals surface area contributed by atoms with Gasteiger partial charge in [-0.1, -0.05) is 36.4 Å². The van der Waals surface area contributed by atoms with E-state index in [1.807, 2.05) is 121 Å². The molecule has 20 nitrogen and oxygen atoms in total. The van der Waals surface area contributed by atoms with Gasteiger partial charge in [-0.15, -0.1) is 12.4 Å². The fraction of sp³-hybridized carbons (Fsp3) is 0.580. The van der Waals surface area contributed by atoms with Gasteiger partial charge in [0.05, 0.1) is 33.5 Å². The van der Waals surface area contributed by atoms with Gasteiger partial charge in [0.15, 0.2) is 23.0 Å². The van der Waals surface area contributed by atoms with Crippen molar-refractivity contribution in [1.29, 1.82) is 0 Å². The molecule has 2 saturated heterocycles. The maximum Gasteiger partial charge on any atom is 0.410 e. The van der Waals surface area contributed by atoms with E-state index in [1.165, 1.54) is 0 Å². The Morgan fingerprint density at radius 2 is 1.00 bits per heavy atom. The molecular weight excluding hydrogens is 1170 g/mol. The number of para-hydroxylation sites is 2. The number of amides is 7. The van der Waals surface area contributed by atoms with Crippen LogP contribution in [-0.4, -0.2) is 189 Å². The van der Waals surface area contributed by atoms with Gasteiger partial charge in [0.25, 0.3) is 11.8 Å². The van der Waals surface area contributed by atoms with Crippen LogP contribution >= 0.6 is 12.4 Å². The zero-order chi connectivity index (χ0) is 64.0. The number of rotatable bonds is 28. The fourth-order valence-electron chi connectivity index (χ4n) is 11.7. The first-order valence-electron chi connectivity index (χ1n) is 32.1. The molecule has 2 heterocycles. The van der Waals surface area contributed by atoms with E-state index >= 15 is 0 Å². The molecule has 4 fully saturated rings. The summed E-state index contributed by atoms with van der Waals surface area (Å²) >= 11 is 0. The highest BCUT2D eigenvalue weighted by Crippen LogP contribution is 2.35. The number of methoxy groups -OCH3 is 4. The van der Waals surface area contributed by atoms with E-state index < -0.39 is 11.7 Å². The van der Waals surface area contributed by atoms with Crippen LogP contribution in [0.15, 0.2) is 97.1 Å². The molecule has 0 bridgehead atoms. The van der Waals surface area contributed by atoms with Gasteiger partial charge in [0, 0.05) is 131 Å². The topological polar surface area (TPSA) is 202 Å². The number of nitrogens with zero attached hydrogens (tertiary/aromatic N) is 5. The molecule has 2 saturated carbocycles. The molecule has 4 aromatic carbocycles. The molecule has 7 amide bonds. The summed E-state index contributed by atoms with van der Waals surface area (Å²) in [4.78, 5) is 77.4. The molecular formula is C69H101ClN8O12. The van der Waals surface area contributed by atoms with E-state index in [-0.39, 0.29) is 72.5 Å². The van der Waals surface area contributed by atoms with Crippen molar-refractivity contribution in [1.82, 2.24) is 29.8 Å². The zero-order valence-corrected chi connectivity index (χ0v) is 55.9. The van der Waals surface area contributed by atoms with Crippen molar-refractivity contribution >= 4 is 53.8 Å². The lowest BCUT2D eigenvalue weighted by Crippen LogP contribution is -2.58. The zero-order valence-electron chi connectivity index (χ0n) is 55.0. The Balaban J connectivity index is 0.000000287. The Hall–Kier alpha value is -7.00. The molecule has 2 aliphatic heterocycles. The van der Waals surface area contributed by atoms with Gasteiger partial charge in [-0.25, -0.2) is 14.4 Å². The second-order valence-electron chi connectivity index (χ2n) is 25.1. The van der Waals surface area contributed by atoms with Crippen molar-refractivity contribution in [2.24, 2.45) is 0 Å². The highest BCUT2D eigenvalue weighted by atomic mass is 35.5. The van der Waals surface area contributed by atoms with Crippen molar-refractivity contribution in [2.45, 2.75) is 179 Å². The fourth-order valence-corrected chi connectivity index (χ4v) is 11.7.